The van der Waals surface area contributed by atoms with Gasteiger partial charge in [-0.25, -0.2) is 0 Å². The molecule has 5 nitrogen and oxygen atoms in total. The van der Waals surface area contributed by atoms with Crippen LogP contribution in [0.4, 0.5) is 11.4 Å². The Kier molecular flexibility index (Phi) is 7.09. The van der Waals surface area contributed by atoms with Gasteiger partial charge in [0.2, 0.25) is 0 Å². The average Bonchev–Trinajstić information content (AvgIpc) is 2.72. The van der Waals surface area contributed by atoms with Gasteiger partial charge in [-0.05, 0) is 61.4 Å². The number of aliphatic imine (C=N–C) groups is 1. The van der Waals surface area contributed by atoms with Gasteiger partial charge in [-0.1, -0.05) is 41.4 Å². The molecule has 0 saturated carbocycles. The first-order chi connectivity index (χ1) is 14.4. The second-order valence-corrected chi connectivity index (χ2v) is 7.24. The molecule has 3 aromatic rings. The van der Waals surface area contributed by atoms with Crippen molar-refractivity contribution in [3.63, 3.8) is 0 Å². The molecule has 6 heteroatoms. The predicted molar refractivity (Wildman–Crippen MR) is 122 cm³/mol. The highest BCUT2D eigenvalue weighted by molar-refractivity contribution is 6.32. The van der Waals surface area contributed by atoms with Crippen molar-refractivity contribution in [1.29, 1.82) is 0 Å². The number of rotatable bonds is 7. The van der Waals surface area contributed by atoms with Gasteiger partial charge in [0.05, 0.1) is 17.8 Å². The van der Waals surface area contributed by atoms with Crippen molar-refractivity contribution in [2.24, 2.45) is 4.99 Å². The summed E-state index contributed by atoms with van der Waals surface area (Å²) in [5.41, 5.74) is 4.54. The van der Waals surface area contributed by atoms with E-state index in [0.717, 1.165) is 16.8 Å². The molecule has 1 N–H and O–H groups in total. The molecule has 0 atom stereocenters. The smallest absolute Gasteiger partial charge is 0.262 e. The Morgan fingerprint density at radius 2 is 1.83 bits per heavy atom. The number of benzene rings is 3. The maximum absolute atomic E-state index is 12.2. The van der Waals surface area contributed by atoms with E-state index in [1.54, 1.807) is 18.3 Å². The number of nitrogens with zero attached hydrogens (tertiary/aromatic N) is 1. The van der Waals surface area contributed by atoms with E-state index >= 15 is 0 Å². The summed E-state index contributed by atoms with van der Waals surface area (Å²) in [6.07, 6.45) is 1.70. The van der Waals surface area contributed by atoms with Crippen LogP contribution in [0.25, 0.3) is 0 Å². The van der Waals surface area contributed by atoms with Crippen LogP contribution in [0.5, 0.6) is 11.5 Å². The largest absolute Gasteiger partial charge is 0.493 e. The fourth-order valence-corrected chi connectivity index (χ4v) is 3.07. The summed E-state index contributed by atoms with van der Waals surface area (Å²) in [5.74, 6) is 0.450. The van der Waals surface area contributed by atoms with Crippen LogP contribution < -0.4 is 14.8 Å². The van der Waals surface area contributed by atoms with Gasteiger partial charge in [-0.15, -0.1) is 0 Å². The van der Waals surface area contributed by atoms with E-state index in [4.69, 9.17) is 21.1 Å². The molecule has 3 aromatic carbocycles. The van der Waals surface area contributed by atoms with Crippen LogP contribution in [0.3, 0.4) is 0 Å². The van der Waals surface area contributed by atoms with E-state index in [1.807, 2.05) is 62.4 Å². The molecule has 0 spiro atoms. The standard InChI is InChI=1S/C24H23ClN2O3/c1-16-7-9-19(10-8-16)26-14-18-12-21(25)24(22(13-18)29-3)30-15-23(28)27-20-6-4-5-17(2)11-20/h4-14H,15H2,1-3H3,(H,27,28). The molecule has 1 amide bonds. The highest BCUT2D eigenvalue weighted by atomic mass is 35.5. The number of aryl methyl sites for hydroxylation is 2. The van der Waals surface area contributed by atoms with Gasteiger partial charge >= 0.3 is 0 Å². The van der Waals surface area contributed by atoms with Crippen molar-refractivity contribution < 1.29 is 14.3 Å². The summed E-state index contributed by atoms with van der Waals surface area (Å²) in [4.78, 5) is 16.7. The lowest BCUT2D eigenvalue weighted by molar-refractivity contribution is -0.118. The number of carbonyl (C=O) groups excluding carboxylic acids is 1. The van der Waals surface area contributed by atoms with Gasteiger partial charge in [-0.3, -0.25) is 9.79 Å². The molecule has 0 fully saturated rings. The first kappa shape index (κ1) is 21.4. The number of methoxy groups -OCH3 is 1. The SMILES string of the molecule is COc1cc(C=Nc2ccc(C)cc2)cc(Cl)c1OCC(=O)Nc1cccc(C)c1. The lowest BCUT2D eigenvalue weighted by atomic mass is 10.2. The lowest BCUT2D eigenvalue weighted by Gasteiger charge is -2.13. The van der Waals surface area contributed by atoms with Crippen LogP contribution in [0.15, 0.2) is 65.7 Å². The van der Waals surface area contributed by atoms with Gasteiger partial charge < -0.3 is 14.8 Å². The topological polar surface area (TPSA) is 59.9 Å². The van der Waals surface area contributed by atoms with Crippen molar-refractivity contribution in [2.45, 2.75) is 13.8 Å². The van der Waals surface area contributed by atoms with E-state index in [9.17, 15) is 4.79 Å². The fourth-order valence-electron chi connectivity index (χ4n) is 2.79. The fraction of sp³-hybridized carbons (Fsp3) is 0.167. The van der Waals surface area contributed by atoms with Crippen molar-refractivity contribution in [2.75, 3.05) is 19.0 Å². The Balaban J connectivity index is 1.69. The first-order valence-electron chi connectivity index (χ1n) is 9.42. The summed E-state index contributed by atoms with van der Waals surface area (Å²) >= 11 is 6.38. The molecule has 0 heterocycles. The van der Waals surface area contributed by atoms with E-state index < -0.39 is 0 Å². The number of nitrogens with one attached hydrogen (secondary N) is 1. The molecule has 154 valence electrons. The molecular weight excluding hydrogens is 400 g/mol. The number of hydrogen-bond donors (Lipinski definition) is 1. The minimum Gasteiger partial charge on any atom is -0.493 e. The van der Waals surface area contributed by atoms with Gasteiger partial charge in [0.15, 0.2) is 18.1 Å². The first-order valence-corrected chi connectivity index (χ1v) is 9.80. The Hall–Kier alpha value is -3.31. The van der Waals surface area contributed by atoms with Crippen LogP contribution in [0.2, 0.25) is 5.02 Å². The number of halogens is 1. The monoisotopic (exact) mass is 422 g/mol. The van der Waals surface area contributed by atoms with Crippen LogP contribution in [0.1, 0.15) is 16.7 Å². The highest BCUT2D eigenvalue weighted by Gasteiger charge is 2.14. The number of amides is 1. The number of carbonyl (C=O) groups is 1. The van der Waals surface area contributed by atoms with Gasteiger partial charge in [0, 0.05) is 11.9 Å². The van der Waals surface area contributed by atoms with E-state index in [2.05, 4.69) is 10.3 Å². The second kappa shape index (κ2) is 9.94. The molecule has 0 saturated heterocycles. The molecule has 3 rings (SSSR count). The summed E-state index contributed by atoms with van der Waals surface area (Å²) in [7, 11) is 1.52. The maximum Gasteiger partial charge on any atom is 0.262 e. The van der Waals surface area contributed by atoms with Gasteiger partial charge in [0.1, 0.15) is 0 Å². The zero-order valence-corrected chi connectivity index (χ0v) is 17.9. The summed E-state index contributed by atoms with van der Waals surface area (Å²) in [6.45, 7) is 3.79. The summed E-state index contributed by atoms with van der Waals surface area (Å²) in [6, 6.07) is 18.9. The van der Waals surface area contributed by atoms with E-state index in [1.165, 1.54) is 12.7 Å². The lowest BCUT2D eigenvalue weighted by Crippen LogP contribution is -2.20. The van der Waals surface area contributed by atoms with Crippen molar-refractivity contribution in [3.8, 4) is 11.5 Å². The average molecular weight is 423 g/mol. The number of hydrogen-bond acceptors (Lipinski definition) is 4. The minimum absolute atomic E-state index is 0.194. The molecule has 0 unspecified atom stereocenters. The predicted octanol–water partition coefficient (Wildman–Crippen LogP) is 5.73. The third kappa shape index (κ3) is 5.84. The van der Waals surface area contributed by atoms with Gasteiger partial charge in [-0.2, -0.15) is 0 Å². The summed E-state index contributed by atoms with van der Waals surface area (Å²) in [5, 5.41) is 3.13. The maximum atomic E-state index is 12.2. The van der Waals surface area contributed by atoms with Crippen LogP contribution in [0, 0.1) is 13.8 Å². The zero-order valence-electron chi connectivity index (χ0n) is 17.1. The van der Waals surface area contributed by atoms with Crippen LogP contribution in [-0.2, 0) is 4.79 Å². The molecule has 0 bridgehead atoms. The summed E-state index contributed by atoms with van der Waals surface area (Å²) < 4.78 is 11.0. The van der Waals surface area contributed by atoms with Crippen LogP contribution in [-0.4, -0.2) is 25.8 Å². The molecule has 30 heavy (non-hydrogen) atoms. The Labute approximate surface area is 181 Å². The molecule has 0 aliphatic heterocycles. The normalized spacial score (nSPS) is 10.8. The number of anilines is 1. The van der Waals surface area contributed by atoms with Gasteiger partial charge in [0.25, 0.3) is 5.91 Å². The highest BCUT2D eigenvalue weighted by Crippen LogP contribution is 2.36. The molecule has 0 radical (unpaired) electrons. The Morgan fingerprint density at radius 1 is 1.07 bits per heavy atom. The minimum atomic E-state index is -0.288. The zero-order chi connectivity index (χ0) is 21.5. The van der Waals surface area contributed by atoms with Crippen molar-refractivity contribution in [1.82, 2.24) is 0 Å². The third-order valence-electron chi connectivity index (χ3n) is 4.30. The Morgan fingerprint density at radius 3 is 2.53 bits per heavy atom. The van der Waals surface area contributed by atoms with E-state index in [-0.39, 0.29) is 12.5 Å². The molecule has 0 aliphatic rings. The van der Waals surface area contributed by atoms with Crippen molar-refractivity contribution in [3.05, 3.63) is 82.4 Å². The third-order valence-corrected chi connectivity index (χ3v) is 4.58. The van der Waals surface area contributed by atoms with Crippen LogP contribution >= 0.6 is 11.6 Å². The Bertz CT molecular complexity index is 1060. The second-order valence-electron chi connectivity index (χ2n) is 6.83. The molecule has 0 aromatic heterocycles. The molecule has 0 aliphatic carbocycles. The van der Waals surface area contributed by atoms with Crippen molar-refractivity contribution >= 4 is 35.1 Å². The quantitative estimate of drug-likeness (QED) is 0.494. The van der Waals surface area contributed by atoms with E-state index in [0.29, 0.717) is 22.2 Å². The molecular formula is C24H23ClN2O3. The number of ether oxygens (including phenoxy) is 2.